The first kappa shape index (κ1) is 21.4. The molecule has 0 aromatic heterocycles. The van der Waals surface area contributed by atoms with Crippen LogP contribution in [0.5, 0.6) is 0 Å². The van der Waals surface area contributed by atoms with Crippen LogP contribution in [0.1, 0.15) is 45.4 Å². The van der Waals surface area contributed by atoms with Gasteiger partial charge >= 0.3 is 51.4 Å². The van der Waals surface area contributed by atoms with Gasteiger partial charge in [-0.1, -0.05) is 26.2 Å². The van der Waals surface area contributed by atoms with Crippen molar-refractivity contribution in [3.8, 4) is 0 Å². The van der Waals surface area contributed by atoms with Gasteiger partial charge in [0.1, 0.15) is 0 Å². The van der Waals surface area contributed by atoms with Crippen LogP contribution in [0, 0.1) is 0 Å². The van der Waals surface area contributed by atoms with Gasteiger partial charge < -0.3 is 14.0 Å². The van der Waals surface area contributed by atoms with E-state index in [1.165, 1.54) is 19.3 Å². The Morgan fingerprint density at radius 2 is 1.80 bits per heavy atom. The summed E-state index contributed by atoms with van der Waals surface area (Å²) in [4.78, 5) is 0. The number of ether oxygens (including phenoxy) is 2. The van der Waals surface area contributed by atoms with Gasteiger partial charge in [0.2, 0.25) is 10.4 Å². The summed E-state index contributed by atoms with van der Waals surface area (Å²) in [6, 6.07) is 0. The topological polar surface area (TPSA) is 84.9 Å². The van der Waals surface area contributed by atoms with E-state index in [1.54, 1.807) is 0 Å². The third-order valence-corrected chi connectivity index (χ3v) is 3.46. The van der Waals surface area contributed by atoms with Crippen LogP contribution in [-0.2, 0) is 24.1 Å². The van der Waals surface area contributed by atoms with Crippen molar-refractivity contribution in [2.75, 3.05) is 19.8 Å². The van der Waals surface area contributed by atoms with Crippen molar-refractivity contribution in [2.24, 2.45) is 0 Å². The molecular weight excluding hydrogens is 311 g/mol. The molecule has 0 N–H and O–H groups in total. The zero-order valence-corrected chi connectivity index (χ0v) is 16.3. The average Bonchev–Trinajstić information content (AvgIpc) is 2.78. The third kappa shape index (κ3) is 11.1. The van der Waals surface area contributed by atoms with Crippen LogP contribution < -0.4 is 51.4 Å². The van der Waals surface area contributed by atoms with Crippen molar-refractivity contribution in [2.45, 2.75) is 57.7 Å². The Morgan fingerprint density at radius 3 is 2.40 bits per heavy atom. The molecule has 1 saturated heterocycles. The molecule has 1 heterocycles. The maximum atomic E-state index is 10.3. The molecule has 20 heavy (non-hydrogen) atoms. The molecule has 0 saturated carbocycles. The van der Waals surface area contributed by atoms with Crippen molar-refractivity contribution in [3.63, 3.8) is 0 Å². The molecule has 1 rings (SSSR count). The molecule has 0 aliphatic carbocycles. The molecule has 1 aliphatic rings. The van der Waals surface area contributed by atoms with Crippen LogP contribution in [0.25, 0.3) is 0 Å². The minimum Gasteiger partial charge on any atom is -0.726 e. The van der Waals surface area contributed by atoms with Crippen LogP contribution in [0.3, 0.4) is 0 Å². The van der Waals surface area contributed by atoms with E-state index in [0.717, 1.165) is 19.4 Å². The number of unbranched alkanes of at least 4 members (excludes halogenated alkanes) is 3. The van der Waals surface area contributed by atoms with Crippen LogP contribution in [0.15, 0.2) is 0 Å². The molecule has 0 bridgehead atoms. The fraction of sp³-hybridized carbons (Fsp3) is 1.00. The molecule has 8 heteroatoms. The summed E-state index contributed by atoms with van der Waals surface area (Å²) in [6.45, 7) is 3.22. The monoisotopic (exact) mass is 334 g/mol. The van der Waals surface area contributed by atoms with Gasteiger partial charge in [0, 0.05) is 6.61 Å². The molecule has 1 aliphatic heterocycles. The average molecular weight is 334 g/mol. The Morgan fingerprint density at radius 1 is 1.15 bits per heavy atom. The van der Waals surface area contributed by atoms with Crippen molar-refractivity contribution in [3.05, 3.63) is 0 Å². The molecule has 6 nitrogen and oxygen atoms in total. The van der Waals surface area contributed by atoms with E-state index in [9.17, 15) is 13.0 Å². The SMILES string of the molecule is CCCCCCOC[C@H]1CC[C@@H](COS(=O)(=O)[O-])O1.[K+]. The van der Waals surface area contributed by atoms with E-state index in [0.29, 0.717) is 13.0 Å². The Balaban J connectivity index is 0.00000361. The van der Waals surface area contributed by atoms with E-state index in [1.807, 2.05) is 0 Å². The first-order chi connectivity index (χ1) is 9.01. The second kappa shape index (κ2) is 11.9. The standard InChI is InChI=1S/C12H24O6S.K/c1-2-3-4-5-8-16-9-11-6-7-12(18-11)10-17-19(13,14)15;/h11-12H,2-10H2,1H3,(H,13,14,15);/q;+1/p-1/t11-,12+;/m1./s1. The van der Waals surface area contributed by atoms with Gasteiger partial charge in [-0.3, -0.25) is 4.18 Å². The van der Waals surface area contributed by atoms with Gasteiger partial charge in [0.25, 0.3) is 0 Å². The van der Waals surface area contributed by atoms with E-state index < -0.39 is 10.4 Å². The molecule has 0 unspecified atom stereocenters. The Kier molecular flexibility index (Phi) is 12.8. The minimum absolute atomic E-state index is 0. The number of hydrogen-bond acceptors (Lipinski definition) is 6. The molecule has 114 valence electrons. The molecule has 0 amide bonds. The molecule has 2 atom stereocenters. The molecule has 0 spiro atoms. The van der Waals surface area contributed by atoms with Crippen LogP contribution in [0.4, 0.5) is 0 Å². The first-order valence-electron chi connectivity index (χ1n) is 6.84. The van der Waals surface area contributed by atoms with Crippen molar-refractivity contribution in [1.82, 2.24) is 0 Å². The zero-order chi connectivity index (χ0) is 14.1. The zero-order valence-electron chi connectivity index (χ0n) is 12.4. The fourth-order valence-electron chi connectivity index (χ4n) is 2.03. The quantitative estimate of drug-likeness (QED) is 0.212. The predicted octanol–water partition coefficient (Wildman–Crippen LogP) is -1.39. The van der Waals surface area contributed by atoms with Crippen molar-refractivity contribution >= 4 is 10.4 Å². The van der Waals surface area contributed by atoms with Crippen LogP contribution in [0.2, 0.25) is 0 Å². The summed E-state index contributed by atoms with van der Waals surface area (Å²) in [5.74, 6) is 0. The van der Waals surface area contributed by atoms with Crippen LogP contribution in [-0.4, -0.2) is 45.0 Å². The summed E-state index contributed by atoms with van der Waals surface area (Å²) in [5, 5.41) is 0. The maximum absolute atomic E-state index is 10.3. The van der Waals surface area contributed by atoms with Gasteiger partial charge in [-0.15, -0.1) is 0 Å². The predicted molar refractivity (Wildman–Crippen MR) is 68.5 cm³/mol. The molecular formula is C12H23KO6S. The second-order valence-corrected chi connectivity index (χ2v) is 5.84. The number of hydrogen-bond donors (Lipinski definition) is 0. The molecule has 0 radical (unpaired) electrons. The minimum atomic E-state index is -4.62. The molecule has 0 aromatic rings. The van der Waals surface area contributed by atoms with E-state index in [2.05, 4.69) is 11.1 Å². The van der Waals surface area contributed by atoms with Gasteiger partial charge in [0.15, 0.2) is 0 Å². The smallest absolute Gasteiger partial charge is 0.726 e. The van der Waals surface area contributed by atoms with Gasteiger partial charge in [0.05, 0.1) is 25.4 Å². The van der Waals surface area contributed by atoms with Gasteiger partial charge in [-0.25, -0.2) is 8.42 Å². The molecule has 1 fully saturated rings. The van der Waals surface area contributed by atoms with Crippen molar-refractivity contribution < 1.29 is 78.0 Å². The Bertz CT molecular complexity index is 335. The van der Waals surface area contributed by atoms with Gasteiger partial charge in [-0.05, 0) is 19.3 Å². The summed E-state index contributed by atoms with van der Waals surface area (Å²) >= 11 is 0. The van der Waals surface area contributed by atoms with Gasteiger partial charge in [-0.2, -0.15) is 0 Å². The Hall–Kier alpha value is 1.43. The normalized spacial score (nSPS) is 22.7. The van der Waals surface area contributed by atoms with Crippen LogP contribution >= 0.6 is 0 Å². The maximum Gasteiger partial charge on any atom is 1.00 e. The first-order valence-corrected chi connectivity index (χ1v) is 8.18. The summed E-state index contributed by atoms with van der Waals surface area (Å²) in [6.07, 6.45) is 5.83. The fourth-order valence-corrected chi connectivity index (χ4v) is 2.35. The summed E-state index contributed by atoms with van der Waals surface area (Å²) in [7, 11) is -4.62. The second-order valence-electron chi connectivity index (χ2n) is 4.79. The largest absolute Gasteiger partial charge is 1.00 e. The third-order valence-electron chi connectivity index (χ3n) is 3.04. The Labute approximate surface area is 164 Å². The van der Waals surface area contributed by atoms with E-state index in [4.69, 9.17) is 9.47 Å². The van der Waals surface area contributed by atoms with E-state index >= 15 is 0 Å². The summed E-state index contributed by atoms with van der Waals surface area (Å²) in [5.41, 5.74) is 0. The molecule has 0 aromatic carbocycles. The van der Waals surface area contributed by atoms with Crippen molar-refractivity contribution in [1.29, 1.82) is 0 Å². The number of rotatable bonds is 10. The van der Waals surface area contributed by atoms with E-state index in [-0.39, 0.29) is 70.2 Å². The summed E-state index contributed by atoms with van der Waals surface area (Å²) < 4.78 is 46.2.